The van der Waals surface area contributed by atoms with E-state index >= 15 is 0 Å². The molecule has 2 unspecified atom stereocenters. The number of halogens is 3. The number of aliphatic hydroxyl groups is 1. The molecule has 2 amide bonds. The number of nitrogens with one attached hydrogen (secondary N) is 2. The number of likely N-dealkylation sites (N-methyl/N-ethyl adjacent to an activating group) is 1. The summed E-state index contributed by atoms with van der Waals surface area (Å²) < 4.78 is 61.7. The minimum atomic E-state index is -5.18. The number of alkyl halides is 3. The van der Waals surface area contributed by atoms with E-state index < -0.39 is 60.4 Å². The van der Waals surface area contributed by atoms with Crippen molar-refractivity contribution in [1.82, 2.24) is 20.4 Å². The number of aryl methyl sites for hydroxylation is 1. The van der Waals surface area contributed by atoms with Crippen molar-refractivity contribution >= 4 is 17.8 Å². The van der Waals surface area contributed by atoms with Crippen LogP contribution in [-0.2, 0) is 27.2 Å². The van der Waals surface area contributed by atoms with Crippen LogP contribution in [0.2, 0.25) is 0 Å². The van der Waals surface area contributed by atoms with Crippen molar-refractivity contribution in [3.8, 4) is 28.7 Å². The molecule has 2 bridgehead atoms. The van der Waals surface area contributed by atoms with E-state index in [0.29, 0.717) is 45.9 Å². The Morgan fingerprint density at radius 2 is 1.79 bits per heavy atom. The van der Waals surface area contributed by atoms with E-state index in [1.165, 1.54) is 14.0 Å². The third kappa shape index (κ3) is 5.26. The molecule has 16 heteroatoms. The van der Waals surface area contributed by atoms with Crippen LogP contribution in [0.15, 0.2) is 6.07 Å². The molecule has 13 nitrogen and oxygen atoms in total. The van der Waals surface area contributed by atoms with Gasteiger partial charge in [-0.3, -0.25) is 24.2 Å². The fourth-order valence-corrected chi connectivity index (χ4v) is 7.81. The molecular formula is C32H37F3N4O9. The number of nitrogens with zero attached hydrogens (tertiary/aromatic N) is 2. The summed E-state index contributed by atoms with van der Waals surface area (Å²) in [5.41, 5.74) is 3.70. The zero-order chi connectivity index (χ0) is 35.0. The summed E-state index contributed by atoms with van der Waals surface area (Å²) >= 11 is 0. The van der Waals surface area contributed by atoms with Crippen molar-refractivity contribution in [2.45, 2.75) is 83.1 Å². The van der Waals surface area contributed by atoms with Crippen LogP contribution in [-0.4, -0.2) is 95.8 Å². The molecule has 0 aromatic heterocycles. The molecule has 2 aromatic rings. The number of hydrogen-bond acceptors (Lipinski definition) is 11. The molecule has 6 atom stereocenters. The van der Waals surface area contributed by atoms with Gasteiger partial charge in [-0.2, -0.15) is 13.2 Å². The van der Waals surface area contributed by atoms with Crippen LogP contribution >= 0.6 is 0 Å². The van der Waals surface area contributed by atoms with Crippen LogP contribution in [0, 0.1) is 13.8 Å². The fraction of sp³-hybridized carbons (Fsp3) is 0.531. The lowest BCUT2D eigenvalue weighted by Gasteiger charge is -2.60. The van der Waals surface area contributed by atoms with Crippen LogP contribution in [0.1, 0.15) is 59.3 Å². The monoisotopic (exact) mass is 678 g/mol. The Labute approximate surface area is 273 Å². The second kappa shape index (κ2) is 12.0. The maximum Gasteiger partial charge on any atom is 0.471 e. The van der Waals surface area contributed by atoms with Gasteiger partial charge in [-0.05, 0) is 51.8 Å². The summed E-state index contributed by atoms with van der Waals surface area (Å²) in [7, 11) is 3.31. The number of amides is 2. The first-order chi connectivity index (χ1) is 22.6. The zero-order valence-electron chi connectivity index (χ0n) is 27.2. The van der Waals surface area contributed by atoms with E-state index in [1.807, 2.05) is 24.9 Å². The lowest BCUT2D eigenvalue weighted by Crippen LogP contribution is -2.69. The van der Waals surface area contributed by atoms with Crippen LogP contribution in [0.3, 0.4) is 0 Å². The number of carbonyl (C=O) groups excluding carboxylic acids is 3. The van der Waals surface area contributed by atoms with Crippen molar-refractivity contribution in [3.05, 3.63) is 39.4 Å². The Morgan fingerprint density at radius 1 is 1.10 bits per heavy atom. The highest BCUT2D eigenvalue weighted by Gasteiger charge is 2.56. The maximum atomic E-state index is 13.1. The van der Waals surface area contributed by atoms with E-state index in [1.54, 1.807) is 17.1 Å². The van der Waals surface area contributed by atoms with Crippen LogP contribution in [0.4, 0.5) is 13.2 Å². The van der Waals surface area contributed by atoms with Gasteiger partial charge in [0.1, 0.15) is 18.0 Å². The zero-order valence-corrected chi connectivity index (χ0v) is 27.2. The molecule has 0 aliphatic carbocycles. The second-order valence-corrected chi connectivity index (χ2v) is 12.6. The van der Waals surface area contributed by atoms with Crippen LogP contribution in [0.25, 0.3) is 0 Å². The lowest BCUT2D eigenvalue weighted by atomic mass is 9.73. The summed E-state index contributed by atoms with van der Waals surface area (Å²) in [5, 5.41) is 28.0. The molecule has 260 valence electrons. The van der Waals surface area contributed by atoms with Gasteiger partial charge in [0.2, 0.25) is 12.7 Å². The van der Waals surface area contributed by atoms with Gasteiger partial charge >= 0.3 is 18.1 Å². The largest absolute Gasteiger partial charge is 0.504 e. The van der Waals surface area contributed by atoms with Gasteiger partial charge in [-0.15, -0.1) is 0 Å². The number of ether oxygens (including phenoxy) is 4. The molecule has 4 heterocycles. The number of rotatable bonds is 6. The van der Waals surface area contributed by atoms with Gasteiger partial charge in [-0.1, -0.05) is 6.07 Å². The van der Waals surface area contributed by atoms with Gasteiger partial charge in [0.25, 0.3) is 0 Å². The number of phenolic OH excluding ortho intramolecular Hbond substituents is 1. The fourth-order valence-electron chi connectivity index (χ4n) is 7.81. The molecule has 1 fully saturated rings. The van der Waals surface area contributed by atoms with Gasteiger partial charge in [0, 0.05) is 41.8 Å². The van der Waals surface area contributed by atoms with Crippen molar-refractivity contribution < 1.29 is 56.7 Å². The second-order valence-electron chi connectivity index (χ2n) is 12.6. The standard InChI is InChI=1S/C32H37F3N4O9/c1-12-7-16-8-19-30(43)39-18(23(38(19)5)21(16)24(41)25(12)45-6)9-17-22(28-27(46-11-47-28)13(2)26(17)48-15(4)40)20(39)10-36-29(42)14(3)37-31(44)32(33,34)35/h7,14,18-20,23,30,41,43H,8-11H2,1-6H3,(H,36,42)(H,37,44)/t14-,18-,19?,20-,23?,30-/m0/s1. The van der Waals surface area contributed by atoms with Gasteiger partial charge < -0.3 is 39.8 Å². The van der Waals surface area contributed by atoms with Crippen LogP contribution < -0.4 is 29.6 Å². The predicted molar refractivity (Wildman–Crippen MR) is 161 cm³/mol. The molecule has 0 radical (unpaired) electrons. The molecule has 4 aliphatic rings. The Bertz CT molecular complexity index is 1700. The molecule has 4 N–H and O–H groups in total. The number of fused-ring (bicyclic) bond motifs is 9. The third-order valence-electron chi connectivity index (χ3n) is 9.81. The molecule has 0 saturated carbocycles. The number of aromatic hydroxyl groups is 1. The molecule has 0 spiro atoms. The van der Waals surface area contributed by atoms with Crippen molar-refractivity contribution in [2.75, 3.05) is 27.5 Å². The van der Waals surface area contributed by atoms with Gasteiger partial charge in [0.05, 0.1) is 25.2 Å². The SMILES string of the molecule is COc1c(C)cc2c(c1O)C1[C@@H]3Cc4c(OC(C)=O)c(C)c5c(c4[C@H](CNC(=O)[C@H](C)NC(=O)C(F)(F)F)N3[C@@H](O)C(C2)N1C)OCO5. The molecule has 48 heavy (non-hydrogen) atoms. The third-order valence-corrected chi connectivity index (χ3v) is 9.81. The molecular weight excluding hydrogens is 641 g/mol. The first-order valence-electron chi connectivity index (χ1n) is 15.4. The van der Waals surface area contributed by atoms with E-state index in [9.17, 15) is 37.8 Å². The minimum absolute atomic E-state index is 0.0360. The van der Waals surface area contributed by atoms with Gasteiger partial charge in [-0.25, -0.2) is 0 Å². The Morgan fingerprint density at radius 3 is 2.44 bits per heavy atom. The summed E-state index contributed by atoms with van der Waals surface area (Å²) in [4.78, 5) is 40.8. The maximum absolute atomic E-state index is 13.1. The average Bonchev–Trinajstić information content (AvgIpc) is 3.50. The number of phenols is 1. The van der Waals surface area contributed by atoms with Gasteiger partial charge in [0.15, 0.2) is 23.0 Å². The van der Waals surface area contributed by atoms with Crippen molar-refractivity contribution in [2.24, 2.45) is 0 Å². The van der Waals surface area contributed by atoms with E-state index in [0.717, 1.165) is 18.1 Å². The topological polar surface area (TPSA) is 159 Å². The summed E-state index contributed by atoms with van der Waals surface area (Å²) in [6, 6.07) is -2.09. The Hall–Kier alpha value is -4.28. The van der Waals surface area contributed by atoms with E-state index in [4.69, 9.17) is 18.9 Å². The number of carbonyl (C=O) groups is 3. The smallest absolute Gasteiger partial charge is 0.471 e. The number of methoxy groups -OCH3 is 1. The summed E-state index contributed by atoms with van der Waals surface area (Å²) in [5.74, 6) is -2.61. The molecule has 1 saturated heterocycles. The highest BCUT2D eigenvalue weighted by atomic mass is 19.4. The number of hydrogen-bond donors (Lipinski definition) is 4. The number of piperazine rings is 1. The number of aliphatic hydroxyl groups excluding tert-OH is 1. The van der Waals surface area contributed by atoms with Crippen molar-refractivity contribution in [1.29, 1.82) is 0 Å². The quantitative estimate of drug-likeness (QED) is 0.262. The lowest BCUT2D eigenvalue weighted by molar-refractivity contribution is -0.175. The number of esters is 1. The first-order valence-corrected chi connectivity index (χ1v) is 15.4. The number of benzene rings is 2. The minimum Gasteiger partial charge on any atom is -0.504 e. The summed E-state index contributed by atoms with van der Waals surface area (Å²) in [6.45, 7) is 5.52. The highest BCUT2D eigenvalue weighted by molar-refractivity contribution is 5.89. The van der Waals surface area contributed by atoms with E-state index in [-0.39, 0.29) is 31.3 Å². The molecule has 4 aliphatic heterocycles. The summed E-state index contributed by atoms with van der Waals surface area (Å²) in [6.07, 6.45) is -5.76. The Balaban J connectivity index is 1.49. The normalized spacial score (nSPS) is 24.9. The van der Waals surface area contributed by atoms with Crippen molar-refractivity contribution in [3.63, 3.8) is 0 Å². The van der Waals surface area contributed by atoms with Crippen LogP contribution in [0.5, 0.6) is 28.7 Å². The van der Waals surface area contributed by atoms with E-state index in [2.05, 4.69) is 5.32 Å². The highest BCUT2D eigenvalue weighted by Crippen LogP contribution is 2.58. The molecule has 2 aromatic carbocycles. The molecule has 6 rings (SSSR count). The predicted octanol–water partition coefficient (Wildman–Crippen LogP) is 2.05. The Kier molecular flexibility index (Phi) is 8.40. The first kappa shape index (κ1) is 33.6. The average molecular weight is 679 g/mol.